The van der Waals surface area contributed by atoms with Crippen molar-refractivity contribution in [1.82, 2.24) is 10.2 Å². The zero-order valence-electron chi connectivity index (χ0n) is 11.6. The van der Waals surface area contributed by atoms with Crippen molar-refractivity contribution in [2.24, 2.45) is 5.73 Å². The number of anilines is 1. The summed E-state index contributed by atoms with van der Waals surface area (Å²) in [4.78, 5) is 25.4. The molecule has 1 aromatic rings. The molecule has 20 heavy (non-hydrogen) atoms. The molecule has 0 radical (unpaired) electrons. The molecule has 1 aliphatic heterocycles. The van der Waals surface area contributed by atoms with E-state index in [4.69, 9.17) is 5.73 Å². The number of nitrogens with one attached hydrogen (secondary N) is 2. The fourth-order valence-corrected chi connectivity index (χ4v) is 2.13. The number of benzene rings is 1. The van der Waals surface area contributed by atoms with Crippen LogP contribution >= 0.6 is 0 Å². The second-order valence-electron chi connectivity index (χ2n) is 4.89. The number of carbonyl (C=O) groups is 2. The third-order valence-corrected chi connectivity index (χ3v) is 3.45. The van der Waals surface area contributed by atoms with E-state index in [0.29, 0.717) is 19.6 Å². The molecular weight excluding hydrogens is 256 g/mol. The van der Waals surface area contributed by atoms with Crippen molar-refractivity contribution in [3.8, 4) is 0 Å². The van der Waals surface area contributed by atoms with Crippen molar-refractivity contribution in [2.75, 3.05) is 25.0 Å². The lowest BCUT2D eigenvalue weighted by Gasteiger charge is -2.31. The van der Waals surface area contributed by atoms with E-state index in [1.54, 1.807) is 0 Å². The van der Waals surface area contributed by atoms with Gasteiger partial charge in [0.25, 0.3) is 0 Å². The number of rotatable bonds is 4. The molecule has 1 unspecified atom stereocenters. The SMILES string of the molecule is CC(C(=O)Nc1ccc(CN)cc1)N1CCNC(=O)C1. The standard InChI is InChI=1S/C14H20N4O2/c1-10(18-7-6-16-13(19)9-18)14(20)17-12-4-2-11(8-15)3-5-12/h2-5,10H,6-9,15H2,1H3,(H,16,19)(H,17,20). The fraction of sp³-hybridized carbons (Fsp3) is 0.429. The topological polar surface area (TPSA) is 87.5 Å². The molecule has 1 aromatic carbocycles. The fourth-order valence-electron chi connectivity index (χ4n) is 2.13. The first kappa shape index (κ1) is 14.5. The molecule has 6 nitrogen and oxygen atoms in total. The van der Waals surface area contributed by atoms with E-state index in [0.717, 1.165) is 11.3 Å². The van der Waals surface area contributed by atoms with E-state index in [9.17, 15) is 9.59 Å². The van der Waals surface area contributed by atoms with Crippen molar-refractivity contribution in [3.63, 3.8) is 0 Å². The molecule has 0 spiro atoms. The van der Waals surface area contributed by atoms with Gasteiger partial charge in [0.15, 0.2) is 0 Å². The molecule has 2 rings (SSSR count). The summed E-state index contributed by atoms with van der Waals surface area (Å²) in [5.41, 5.74) is 7.28. The maximum absolute atomic E-state index is 12.2. The van der Waals surface area contributed by atoms with E-state index >= 15 is 0 Å². The van der Waals surface area contributed by atoms with Gasteiger partial charge in [0.2, 0.25) is 11.8 Å². The molecule has 1 heterocycles. The predicted molar refractivity (Wildman–Crippen MR) is 77.0 cm³/mol. The molecule has 0 aliphatic carbocycles. The van der Waals surface area contributed by atoms with Gasteiger partial charge in [-0.05, 0) is 24.6 Å². The summed E-state index contributed by atoms with van der Waals surface area (Å²) in [6.07, 6.45) is 0. The Morgan fingerprint density at radius 2 is 2.15 bits per heavy atom. The number of hydrogen-bond donors (Lipinski definition) is 3. The van der Waals surface area contributed by atoms with E-state index in [1.165, 1.54) is 0 Å². The Balaban J connectivity index is 1.94. The van der Waals surface area contributed by atoms with Crippen molar-refractivity contribution in [2.45, 2.75) is 19.5 Å². The molecule has 4 N–H and O–H groups in total. The molecule has 2 amide bonds. The van der Waals surface area contributed by atoms with Crippen molar-refractivity contribution in [3.05, 3.63) is 29.8 Å². The van der Waals surface area contributed by atoms with Gasteiger partial charge in [-0.2, -0.15) is 0 Å². The van der Waals surface area contributed by atoms with Gasteiger partial charge in [-0.25, -0.2) is 0 Å². The molecule has 1 aliphatic rings. The molecule has 6 heteroatoms. The van der Waals surface area contributed by atoms with Crippen LogP contribution in [0.15, 0.2) is 24.3 Å². The summed E-state index contributed by atoms with van der Waals surface area (Å²) in [5.74, 6) is -0.150. The van der Waals surface area contributed by atoms with Crippen LogP contribution in [0.5, 0.6) is 0 Å². The largest absolute Gasteiger partial charge is 0.354 e. The average Bonchev–Trinajstić information content (AvgIpc) is 2.47. The van der Waals surface area contributed by atoms with Gasteiger partial charge in [-0.15, -0.1) is 0 Å². The van der Waals surface area contributed by atoms with Crippen LogP contribution in [0.3, 0.4) is 0 Å². The summed E-state index contributed by atoms with van der Waals surface area (Å²) in [6.45, 7) is 3.82. The zero-order chi connectivity index (χ0) is 14.5. The van der Waals surface area contributed by atoms with Gasteiger partial charge in [-0.3, -0.25) is 14.5 Å². The molecule has 0 bridgehead atoms. The quantitative estimate of drug-likeness (QED) is 0.717. The molecule has 108 valence electrons. The van der Waals surface area contributed by atoms with Gasteiger partial charge < -0.3 is 16.4 Å². The summed E-state index contributed by atoms with van der Waals surface area (Å²) in [7, 11) is 0. The summed E-state index contributed by atoms with van der Waals surface area (Å²) in [6, 6.07) is 7.09. The van der Waals surface area contributed by atoms with Crippen LogP contribution in [0.2, 0.25) is 0 Å². The van der Waals surface area contributed by atoms with Gasteiger partial charge in [0, 0.05) is 25.3 Å². The van der Waals surface area contributed by atoms with Gasteiger partial charge in [0.05, 0.1) is 12.6 Å². The number of nitrogens with two attached hydrogens (primary N) is 1. The van der Waals surface area contributed by atoms with Crippen LogP contribution in [-0.4, -0.2) is 42.4 Å². The Labute approximate surface area is 118 Å². The van der Waals surface area contributed by atoms with Crippen LogP contribution in [-0.2, 0) is 16.1 Å². The van der Waals surface area contributed by atoms with Crippen molar-refractivity contribution in [1.29, 1.82) is 0 Å². The molecule has 1 atom stereocenters. The number of amides is 2. The number of hydrogen-bond acceptors (Lipinski definition) is 4. The Morgan fingerprint density at radius 1 is 1.45 bits per heavy atom. The van der Waals surface area contributed by atoms with Crippen LogP contribution in [0.25, 0.3) is 0 Å². The minimum atomic E-state index is -0.338. The summed E-state index contributed by atoms with van der Waals surface area (Å²) < 4.78 is 0. The normalized spacial score (nSPS) is 17.4. The highest BCUT2D eigenvalue weighted by molar-refractivity contribution is 5.95. The predicted octanol–water partition coefficient (Wildman–Crippen LogP) is -0.0959. The molecule has 0 saturated carbocycles. The highest BCUT2D eigenvalue weighted by Crippen LogP contribution is 2.11. The van der Waals surface area contributed by atoms with Crippen molar-refractivity contribution < 1.29 is 9.59 Å². The van der Waals surface area contributed by atoms with E-state index in [-0.39, 0.29) is 24.4 Å². The summed E-state index contributed by atoms with van der Waals surface area (Å²) in [5, 5.41) is 5.60. The second-order valence-corrected chi connectivity index (χ2v) is 4.89. The number of carbonyl (C=O) groups excluding carboxylic acids is 2. The summed E-state index contributed by atoms with van der Waals surface area (Å²) >= 11 is 0. The van der Waals surface area contributed by atoms with Gasteiger partial charge in [-0.1, -0.05) is 12.1 Å². The Morgan fingerprint density at radius 3 is 2.75 bits per heavy atom. The van der Waals surface area contributed by atoms with E-state index < -0.39 is 0 Å². The maximum Gasteiger partial charge on any atom is 0.241 e. The number of nitrogens with zero attached hydrogens (tertiary/aromatic N) is 1. The highest BCUT2D eigenvalue weighted by atomic mass is 16.2. The Hall–Kier alpha value is -1.92. The zero-order valence-corrected chi connectivity index (χ0v) is 11.6. The van der Waals surface area contributed by atoms with Crippen LogP contribution < -0.4 is 16.4 Å². The first-order valence-electron chi connectivity index (χ1n) is 6.71. The maximum atomic E-state index is 12.2. The smallest absolute Gasteiger partial charge is 0.241 e. The highest BCUT2D eigenvalue weighted by Gasteiger charge is 2.25. The minimum Gasteiger partial charge on any atom is -0.354 e. The first-order chi connectivity index (χ1) is 9.60. The van der Waals surface area contributed by atoms with Gasteiger partial charge in [0.1, 0.15) is 0 Å². The van der Waals surface area contributed by atoms with Crippen LogP contribution in [0.1, 0.15) is 12.5 Å². The third kappa shape index (κ3) is 3.55. The third-order valence-electron chi connectivity index (χ3n) is 3.45. The second kappa shape index (κ2) is 6.49. The molecule has 0 aromatic heterocycles. The van der Waals surface area contributed by atoms with Crippen LogP contribution in [0.4, 0.5) is 5.69 Å². The lowest BCUT2D eigenvalue weighted by Crippen LogP contribution is -2.53. The lowest BCUT2D eigenvalue weighted by atomic mass is 10.2. The van der Waals surface area contributed by atoms with Crippen molar-refractivity contribution >= 4 is 17.5 Å². The Kier molecular flexibility index (Phi) is 4.70. The monoisotopic (exact) mass is 276 g/mol. The minimum absolute atomic E-state index is 0.0387. The van der Waals surface area contributed by atoms with E-state index in [2.05, 4.69) is 10.6 Å². The molecular formula is C14H20N4O2. The number of piperazine rings is 1. The van der Waals surface area contributed by atoms with E-state index in [1.807, 2.05) is 36.1 Å². The van der Waals surface area contributed by atoms with Gasteiger partial charge >= 0.3 is 0 Å². The molecule has 1 fully saturated rings. The molecule has 1 saturated heterocycles. The lowest BCUT2D eigenvalue weighted by molar-refractivity contribution is -0.127. The van der Waals surface area contributed by atoms with Crippen LogP contribution in [0, 0.1) is 0 Å². The Bertz CT molecular complexity index is 486. The first-order valence-corrected chi connectivity index (χ1v) is 6.71. The average molecular weight is 276 g/mol.